The van der Waals surface area contributed by atoms with E-state index in [1.807, 2.05) is 12.1 Å². The number of ether oxygens (including phenoxy) is 1. The highest BCUT2D eigenvalue weighted by Crippen LogP contribution is 2.22. The third-order valence-corrected chi connectivity index (χ3v) is 5.96. The summed E-state index contributed by atoms with van der Waals surface area (Å²) in [7, 11) is 0. The van der Waals surface area contributed by atoms with E-state index in [0.717, 1.165) is 74.0 Å². The van der Waals surface area contributed by atoms with Gasteiger partial charge >= 0.3 is 0 Å². The van der Waals surface area contributed by atoms with Crippen molar-refractivity contribution in [2.24, 2.45) is 0 Å². The molecule has 3 aromatic rings. The number of fused-ring (bicyclic) bond motifs is 1. The molecule has 0 N–H and O–H groups in total. The van der Waals surface area contributed by atoms with Crippen molar-refractivity contribution in [1.29, 1.82) is 0 Å². The van der Waals surface area contributed by atoms with Gasteiger partial charge in [-0.05, 0) is 18.2 Å². The number of hydrogen-bond acceptors (Lipinski definition) is 8. The molecule has 0 atom stereocenters. The van der Waals surface area contributed by atoms with Crippen molar-refractivity contribution in [3.8, 4) is 11.3 Å². The summed E-state index contributed by atoms with van der Waals surface area (Å²) in [4.78, 5) is 21.2. The summed E-state index contributed by atoms with van der Waals surface area (Å²) in [6.07, 6.45) is 4.30. The standard InChI is InChI=1S/C22H26N6O3/c29-22-4-3-19(17-2-1-6-23-14-17)24-28(22)12-11-26-7-9-27(10-8-26)15-20-18-16-30-13-5-21(18)31-25-20/h1-4,6,14H,5,7-13,15-16H2. The molecule has 2 aliphatic rings. The molecular weight excluding hydrogens is 396 g/mol. The molecule has 2 aliphatic heterocycles. The van der Waals surface area contributed by atoms with Crippen LogP contribution in [0.25, 0.3) is 11.3 Å². The Kier molecular flexibility index (Phi) is 5.88. The number of pyridine rings is 1. The van der Waals surface area contributed by atoms with Crippen LogP contribution in [0.15, 0.2) is 46.0 Å². The molecule has 0 bridgehead atoms. The first-order chi connectivity index (χ1) is 15.3. The van der Waals surface area contributed by atoms with E-state index in [1.165, 1.54) is 0 Å². The molecule has 0 amide bonds. The van der Waals surface area contributed by atoms with Crippen LogP contribution in [0.3, 0.4) is 0 Å². The van der Waals surface area contributed by atoms with Crippen LogP contribution in [-0.4, -0.2) is 69.1 Å². The maximum absolute atomic E-state index is 12.3. The van der Waals surface area contributed by atoms with Crippen LogP contribution in [0.4, 0.5) is 0 Å². The van der Waals surface area contributed by atoms with Gasteiger partial charge in [-0.3, -0.25) is 19.6 Å². The number of hydrogen-bond donors (Lipinski definition) is 0. The van der Waals surface area contributed by atoms with E-state index >= 15 is 0 Å². The van der Waals surface area contributed by atoms with Gasteiger partial charge in [0.1, 0.15) is 11.5 Å². The highest BCUT2D eigenvalue weighted by molar-refractivity contribution is 5.56. The molecule has 1 fully saturated rings. The number of nitrogens with zero attached hydrogens (tertiary/aromatic N) is 6. The minimum atomic E-state index is -0.0794. The molecule has 0 unspecified atom stereocenters. The Labute approximate surface area is 180 Å². The predicted octanol–water partition coefficient (Wildman–Crippen LogP) is 1.18. The molecule has 5 rings (SSSR count). The molecular formula is C22H26N6O3. The van der Waals surface area contributed by atoms with E-state index in [1.54, 1.807) is 29.2 Å². The van der Waals surface area contributed by atoms with E-state index in [2.05, 4.69) is 25.0 Å². The van der Waals surface area contributed by atoms with Gasteiger partial charge in [0.25, 0.3) is 5.56 Å². The number of aromatic nitrogens is 4. The summed E-state index contributed by atoms with van der Waals surface area (Å²) in [5, 5.41) is 8.80. The largest absolute Gasteiger partial charge is 0.376 e. The van der Waals surface area contributed by atoms with Gasteiger partial charge in [-0.2, -0.15) is 5.10 Å². The SMILES string of the molecule is O=c1ccc(-c2cccnc2)nn1CCN1CCN(Cc2noc3c2COCC3)CC1. The Bertz CT molecular complexity index is 1070. The normalized spacial score (nSPS) is 17.5. The van der Waals surface area contributed by atoms with Gasteiger partial charge in [-0.15, -0.1) is 0 Å². The first-order valence-electron chi connectivity index (χ1n) is 10.7. The number of rotatable bonds is 6. The zero-order valence-corrected chi connectivity index (χ0v) is 17.4. The molecule has 5 heterocycles. The van der Waals surface area contributed by atoms with Crippen molar-refractivity contribution in [1.82, 2.24) is 29.7 Å². The number of piperazine rings is 1. The van der Waals surface area contributed by atoms with Gasteiger partial charge in [0.2, 0.25) is 0 Å². The van der Waals surface area contributed by atoms with Crippen LogP contribution in [0, 0.1) is 0 Å². The fraction of sp³-hybridized carbons (Fsp3) is 0.455. The Morgan fingerprint density at radius 2 is 1.90 bits per heavy atom. The van der Waals surface area contributed by atoms with Gasteiger partial charge in [0.15, 0.2) is 0 Å². The van der Waals surface area contributed by atoms with Crippen molar-refractivity contribution in [3.05, 3.63) is 64.0 Å². The molecule has 9 heteroatoms. The monoisotopic (exact) mass is 422 g/mol. The molecule has 9 nitrogen and oxygen atoms in total. The lowest BCUT2D eigenvalue weighted by Crippen LogP contribution is -2.47. The molecule has 0 aromatic carbocycles. The van der Waals surface area contributed by atoms with Crippen molar-refractivity contribution >= 4 is 0 Å². The second-order valence-corrected chi connectivity index (χ2v) is 7.97. The zero-order chi connectivity index (χ0) is 21.0. The summed E-state index contributed by atoms with van der Waals surface area (Å²) < 4.78 is 12.6. The Morgan fingerprint density at radius 3 is 2.74 bits per heavy atom. The maximum atomic E-state index is 12.3. The third-order valence-electron chi connectivity index (χ3n) is 5.96. The summed E-state index contributed by atoms with van der Waals surface area (Å²) in [6.45, 7) is 7.30. The molecule has 0 saturated carbocycles. The van der Waals surface area contributed by atoms with Gasteiger partial charge in [-0.1, -0.05) is 5.16 Å². The molecule has 0 aliphatic carbocycles. The maximum Gasteiger partial charge on any atom is 0.266 e. The average Bonchev–Trinajstić information content (AvgIpc) is 3.23. The second kappa shape index (κ2) is 9.09. The lowest BCUT2D eigenvalue weighted by Gasteiger charge is -2.34. The van der Waals surface area contributed by atoms with Gasteiger partial charge in [0.05, 0.1) is 25.5 Å². The van der Waals surface area contributed by atoms with E-state index in [4.69, 9.17) is 9.26 Å². The predicted molar refractivity (Wildman–Crippen MR) is 113 cm³/mol. The van der Waals surface area contributed by atoms with Gasteiger partial charge in [0, 0.05) is 75.3 Å². The van der Waals surface area contributed by atoms with Crippen molar-refractivity contribution < 1.29 is 9.26 Å². The van der Waals surface area contributed by atoms with Crippen LogP contribution >= 0.6 is 0 Å². The summed E-state index contributed by atoms with van der Waals surface area (Å²) >= 11 is 0. The second-order valence-electron chi connectivity index (χ2n) is 7.97. The molecule has 3 aromatic heterocycles. The van der Waals surface area contributed by atoms with E-state index in [-0.39, 0.29) is 5.56 Å². The topological polar surface area (TPSA) is 89.5 Å². The van der Waals surface area contributed by atoms with Crippen LogP contribution in [0.5, 0.6) is 0 Å². The van der Waals surface area contributed by atoms with E-state index < -0.39 is 0 Å². The zero-order valence-electron chi connectivity index (χ0n) is 17.4. The van der Waals surface area contributed by atoms with Gasteiger partial charge < -0.3 is 9.26 Å². The van der Waals surface area contributed by atoms with Crippen molar-refractivity contribution in [2.75, 3.05) is 39.3 Å². The fourth-order valence-corrected chi connectivity index (χ4v) is 4.10. The molecule has 0 spiro atoms. The van der Waals surface area contributed by atoms with Crippen molar-refractivity contribution in [2.45, 2.75) is 26.1 Å². The van der Waals surface area contributed by atoms with Gasteiger partial charge in [-0.25, -0.2) is 4.68 Å². The van der Waals surface area contributed by atoms with Crippen molar-refractivity contribution in [3.63, 3.8) is 0 Å². The Morgan fingerprint density at radius 1 is 1.03 bits per heavy atom. The minimum Gasteiger partial charge on any atom is -0.376 e. The molecule has 31 heavy (non-hydrogen) atoms. The minimum absolute atomic E-state index is 0.0794. The molecule has 162 valence electrons. The third kappa shape index (κ3) is 4.58. The van der Waals surface area contributed by atoms with Crippen LogP contribution in [0.1, 0.15) is 17.0 Å². The van der Waals surface area contributed by atoms with E-state index in [9.17, 15) is 4.79 Å². The first kappa shape index (κ1) is 20.0. The van der Waals surface area contributed by atoms with Crippen LogP contribution in [0.2, 0.25) is 0 Å². The Hall–Kier alpha value is -2.88. The van der Waals surface area contributed by atoms with Crippen LogP contribution in [-0.2, 0) is 30.9 Å². The summed E-state index contributed by atoms with van der Waals surface area (Å²) in [5.41, 5.74) is 3.73. The highest BCUT2D eigenvalue weighted by Gasteiger charge is 2.23. The Balaban J connectivity index is 1.15. The summed E-state index contributed by atoms with van der Waals surface area (Å²) in [6, 6.07) is 7.15. The average molecular weight is 422 g/mol. The highest BCUT2D eigenvalue weighted by atomic mass is 16.5. The van der Waals surface area contributed by atoms with E-state index in [0.29, 0.717) is 19.8 Å². The smallest absolute Gasteiger partial charge is 0.266 e. The molecule has 0 radical (unpaired) electrons. The quantitative estimate of drug-likeness (QED) is 0.585. The molecule has 1 saturated heterocycles. The lowest BCUT2D eigenvalue weighted by atomic mass is 10.1. The lowest BCUT2D eigenvalue weighted by molar-refractivity contribution is 0.101. The fourth-order valence-electron chi connectivity index (χ4n) is 4.10. The van der Waals surface area contributed by atoms with Crippen LogP contribution < -0.4 is 5.56 Å². The first-order valence-corrected chi connectivity index (χ1v) is 10.7. The summed E-state index contributed by atoms with van der Waals surface area (Å²) in [5.74, 6) is 0.978.